The van der Waals surface area contributed by atoms with Gasteiger partial charge in [0, 0.05) is 24.8 Å². The molecule has 2 rings (SSSR count). The van der Waals surface area contributed by atoms with Crippen LogP contribution < -0.4 is 5.32 Å². The first kappa shape index (κ1) is 10.9. The lowest BCUT2D eigenvalue weighted by Crippen LogP contribution is -2.27. The Balaban J connectivity index is 2.10. The molecule has 0 saturated heterocycles. The third-order valence-corrected chi connectivity index (χ3v) is 2.39. The van der Waals surface area contributed by atoms with Crippen LogP contribution in [0.5, 0.6) is 0 Å². The highest BCUT2D eigenvalue weighted by molar-refractivity contribution is 5.42. The fraction of sp³-hybridized carbons (Fsp3) is 0.455. The number of hydrogen-bond donors (Lipinski definition) is 2. The van der Waals surface area contributed by atoms with E-state index in [1.165, 1.54) is 0 Å². The molecule has 0 aliphatic heterocycles. The molecule has 16 heavy (non-hydrogen) atoms. The molecule has 2 N–H and O–H groups in total. The van der Waals surface area contributed by atoms with Gasteiger partial charge in [-0.1, -0.05) is 19.9 Å². The van der Waals surface area contributed by atoms with E-state index in [9.17, 15) is 0 Å². The number of hydrogen-bond acceptors (Lipinski definition) is 4. The van der Waals surface area contributed by atoms with Gasteiger partial charge in [-0.2, -0.15) is 4.98 Å². The first-order chi connectivity index (χ1) is 7.61. The Labute approximate surface area is 94.1 Å². The average molecular weight is 220 g/mol. The van der Waals surface area contributed by atoms with Crippen LogP contribution in [0.3, 0.4) is 0 Å². The zero-order chi connectivity index (χ0) is 11.6. The summed E-state index contributed by atoms with van der Waals surface area (Å²) in [5, 5.41) is 16.5. The third-order valence-electron chi connectivity index (χ3n) is 2.39. The largest absolute Gasteiger partial charge is 0.396 e. The number of nitrogens with one attached hydrogen (secondary N) is 1. The minimum Gasteiger partial charge on any atom is -0.396 e. The molecule has 0 aliphatic carbocycles. The van der Waals surface area contributed by atoms with E-state index in [0.717, 1.165) is 5.65 Å². The average Bonchev–Trinajstić information content (AvgIpc) is 2.69. The van der Waals surface area contributed by atoms with E-state index in [4.69, 9.17) is 5.11 Å². The van der Waals surface area contributed by atoms with Gasteiger partial charge in [0.15, 0.2) is 5.65 Å². The molecule has 0 radical (unpaired) electrons. The summed E-state index contributed by atoms with van der Waals surface area (Å²) in [6.45, 7) is 4.74. The highest BCUT2D eigenvalue weighted by Crippen LogP contribution is 2.14. The molecule has 0 aliphatic rings. The van der Waals surface area contributed by atoms with Crippen molar-refractivity contribution in [3.8, 4) is 0 Å². The van der Waals surface area contributed by atoms with Crippen LogP contribution in [-0.2, 0) is 0 Å². The van der Waals surface area contributed by atoms with Crippen molar-refractivity contribution in [2.75, 3.05) is 18.5 Å². The van der Waals surface area contributed by atoms with Gasteiger partial charge in [-0.3, -0.25) is 0 Å². The minimum atomic E-state index is -0.169. The standard InChI is InChI=1S/C11H16N4O/c1-11(2,8-16)7-12-10-13-9-5-3-4-6-15(9)14-10/h3-6,16H,7-8H2,1-2H3,(H,12,14). The molecule has 2 aromatic heterocycles. The zero-order valence-electron chi connectivity index (χ0n) is 9.51. The SMILES string of the molecule is CC(C)(CO)CNc1nc2ccccn2n1. The molecule has 0 amide bonds. The number of fused-ring (bicyclic) bond motifs is 1. The Bertz CT molecular complexity index is 445. The molecule has 0 saturated carbocycles. The van der Waals surface area contributed by atoms with E-state index < -0.39 is 0 Å². The van der Waals surface area contributed by atoms with Gasteiger partial charge in [0.05, 0.1) is 0 Å². The molecule has 2 aromatic rings. The van der Waals surface area contributed by atoms with Gasteiger partial charge in [0.1, 0.15) is 0 Å². The first-order valence-electron chi connectivity index (χ1n) is 5.27. The quantitative estimate of drug-likeness (QED) is 0.811. The molecule has 2 heterocycles. The number of anilines is 1. The highest BCUT2D eigenvalue weighted by atomic mass is 16.3. The lowest BCUT2D eigenvalue weighted by Gasteiger charge is -2.20. The van der Waals surface area contributed by atoms with Crippen molar-refractivity contribution >= 4 is 11.6 Å². The number of nitrogens with zero attached hydrogens (tertiary/aromatic N) is 3. The van der Waals surface area contributed by atoms with Gasteiger partial charge in [-0.05, 0) is 12.1 Å². The normalized spacial score (nSPS) is 11.9. The maximum Gasteiger partial charge on any atom is 0.243 e. The molecule has 0 aromatic carbocycles. The summed E-state index contributed by atoms with van der Waals surface area (Å²) in [4.78, 5) is 4.31. The van der Waals surface area contributed by atoms with Crippen LogP contribution >= 0.6 is 0 Å². The lowest BCUT2D eigenvalue weighted by molar-refractivity contribution is 0.170. The summed E-state index contributed by atoms with van der Waals surface area (Å²) in [5.41, 5.74) is 0.643. The first-order valence-corrected chi connectivity index (χ1v) is 5.27. The Hall–Kier alpha value is -1.62. The predicted molar refractivity (Wildman–Crippen MR) is 62.3 cm³/mol. The molecule has 0 spiro atoms. The zero-order valence-corrected chi connectivity index (χ0v) is 9.51. The van der Waals surface area contributed by atoms with Gasteiger partial charge in [0.25, 0.3) is 0 Å². The van der Waals surface area contributed by atoms with Crippen molar-refractivity contribution in [3.05, 3.63) is 24.4 Å². The second-order valence-electron chi connectivity index (χ2n) is 4.61. The third kappa shape index (κ3) is 2.30. The van der Waals surface area contributed by atoms with E-state index in [-0.39, 0.29) is 12.0 Å². The maximum absolute atomic E-state index is 9.13. The minimum absolute atomic E-state index is 0.132. The fourth-order valence-corrected chi connectivity index (χ4v) is 1.28. The molecule has 0 fully saturated rings. The molecule has 5 heteroatoms. The van der Waals surface area contributed by atoms with E-state index in [1.807, 2.05) is 38.2 Å². The Morgan fingerprint density at radius 3 is 2.94 bits per heavy atom. The van der Waals surface area contributed by atoms with Gasteiger partial charge in [-0.15, -0.1) is 5.10 Å². The maximum atomic E-state index is 9.13. The van der Waals surface area contributed by atoms with Gasteiger partial charge in [-0.25, -0.2) is 4.52 Å². The molecular formula is C11H16N4O. The van der Waals surface area contributed by atoms with Crippen LogP contribution in [0.1, 0.15) is 13.8 Å². The van der Waals surface area contributed by atoms with Crippen molar-refractivity contribution in [1.29, 1.82) is 0 Å². The highest BCUT2D eigenvalue weighted by Gasteiger charge is 2.16. The second-order valence-corrected chi connectivity index (χ2v) is 4.61. The van der Waals surface area contributed by atoms with E-state index >= 15 is 0 Å². The topological polar surface area (TPSA) is 62.5 Å². The predicted octanol–water partition coefficient (Wildman–Crippen LogP) is 1.16. The van der Waals surface area contributed by atoms with Crippen molar-refractivity contribution in [1.82, 2.24) is 14.6 Å². The number of pyridine rings is 1. The molecule has 0 atom stereocenters. The summed E-state index contributed by atoms with van der Waals surface area (Å²) in [7, 11) is 0. The summed E-state index contributed by atoms with van der Waals surface area (Å²) < 4.78 is 1.72. The lowest BCUT2D eigenvalue weighted by atomic mass is 9.95. The van der Waals surface area contributed by atoms with Gasteiger partial charge < -0.3 is 10.4 Å². The Kier molecular flexibility index (Phi) is 2.78. The molecule has 5 nitrogen and oxygen atoms in total. The number of aliphatic hydroxyl groups excluding tert-OH is 1. The molecule has 0 bridgehead atoms. The Morgan fingerprint density at radius 1 is 1.44 bits per heavy atom. The second kappa shape index (κ2) is 4.09. The van der Waals surface area contributed by atoms with Crippen LogP contribution in [0.15, 0.2) is 24.4 Å². The molecule has 86 valence electrons. The monoisotopic (exact) mass is 220 g/mol. The van der Waals surface area contributed by atoms with Crippen LogP contribution in [-0.4, -0.2) is 32.9 Å². The van der Waals surface area contributed by atoms with Crippen LogP contribution in [0.25, 0.3) is 5.65 Å². The number of aromatic nitrogens is 3. The van der Waals surface area contributed by atoms with Crippen LogP contribution in [0.4, 0.5) is 5.95 Å². The summed E-state index contributed by atoms with van der Waals surface area (Å²) >= 11 is 0. The summed E-state index contributed by atoms with van der Waals surface area (Å²) in [6.07, 6.45) is 1.85. The fourth-order valence-electron chi connectivity index (χ4n) is 1.28. The van der Waals surface area contributed by atoms with Crippen molar-refractivity contribution in [3.63, 3.8) is 0 Å². The van der Waals surface area contributed by atoms with Crippen LogP contribution in [0, 0.1) is 5.41 Å². The van der Waals surface area contributed by atoms with Gasteiger partial charge in [0.2, 0.25) is 5.95 Å². The molecule has 0 unspecified atom stereocenters. The van der Waals surface area contributed by atoms with E-state index in [1.54, 1.807) is 4.52 Å². The van der Waals surface area contributed by atoms with Crippen LogP contribution in [0.2, 0.25) is 0 Å². The van der Waals surface area contributed by atoms with Crippen molar-refractivity contribution < 1.29 is 5.11 Å². The van der Waals surface area contributed by atoms with E-state index in [2.05, 4.69) is 15.4 Å². The Morgan fingerprint density at radius 2 is 2.25 bits per heavy atom. The van der Waals surface area contributed by atoms with E-state index in [0.29, 0.717) is 12.5 Å². The van der Waals surface area contributed by atoms with Crippen molar-refractivity contribution in [2.24, 2.45) is 5.41 Å². The number of rotatable bonds is 4. The van der Waals surface area contributed by atoms with Crippen molar-refractivity contribution in [2.45, 2.75) is 13.8 Å². The number of aliphatic hydroxyl groups is 1. The molecular weight excluding hydrogens is 204 g/mol. The van der Waals surface area contributed by atoms with Gasteiger partial charge >= 0.3 is 0 Å². The summed E-state index contributed by atoms with van der Waals surface area (Å²) in [5.74, 6) is 0.590. The summed E-state index contributed by atoms with van der Waals surface area (Å²) in [6, 6.07) is 5.73. The smallest absolute Gasteiger partial charge is 0.243 e.